The minimum Gasteiger partial charge on any atom is -0.0849 e. The van der Waals surface area contributed by atoms with E-state index in [-0.39, 0.29) is 0 Å². The fourth-order valence-electron chi connectivity index (χ4n) is 3.62. The molecular weight excluding hydrogens is 216 g/mol. The van der Waals surface area contributed by atoms with Gasteiger partial charge < -0.3 is 0 Å². The van der Waals surface area contributed by atoms with Crippen LogP contribution in [0.2, 0.25) is 0 Å². The molecule has 0 saturated carbocycles. The number of rotatable bonds is 4. The van der Waals surface area contributed by atoms with Crippen LogP contribution in [0.5, 0.6) is 0 Å². The van der Waals surface area contributed by atoms with Crippen LogP contribution in [0.4, 0.5) is 0 Å². The molecular formula is C18H32. The molecule has 0 fully saturated rings. The van der Waals surface area contributed by atoms with E-state index in [2.05, 4.69) is 60.6 Å². The fourth-order valence-corrected chi connectivity index (χ4v) is 3.62. The topological polar surface area (TPSA) is 0 Å². The minimum absolute atomic E-state index is 0.682. The lowest BCUT2D eigenvalue weighted by atomic mass is 9.73. The van der Waals surface area contributed by atoms with E-state index in [1.807, 2.05) is 0 Å². The molecule has 0 nitrogen and oxygen atoms in total. The molecule has 3 atom stereocenters. The van der Waals surface area contributed by atoms with E-state index >= 15 is 0 Å². The fraction of sp³-hybridized carbons (Fsp3) is 0.778. The van der Waals surface area contributed by atoms with Gasteiger partial charge in [-0.3, -0.25) is 0 Å². The van der Waals surface area contributed by atoms with Crippen molar-refractivity contribution in [3.8, 4) is 0 Å². The van der Waals surface area contributed by atoms with E-state index in [4.69, 9.17) is 0 Å². The average Bonchev–Trinajstić information content (AvgIpc) is 2.28. The van der Waals surface area contributed by atoms with Crippen LogP contribution in [0.1, 0.15) is 61.3 Å². The highest BCUT2D eigenvalue weighted by Gasteiger charge is 2.25. The van der Waals surface area contributed by atoms with Crippen molar-refractivity contribution in [3.63, 3.8) is 0 Å². The summed E-state index contributed by atoms with van der Waals surface area (Å²) < 4.78 is 0. The summed E-state index contributed by atoms with van der Waals surface area (Å²) in [6.07, 6.45) is 7.73. The first-order chi connectivity index (χ1) is 8.34. The Bertz CT molecular complexity index is 313. The third-order valence-corrected chi connectivity index (χ3v) is 4.63. The van der Waals surface area contributed by atoms with Gasteiger partial charge in [0.05, 0.1) is 0 Å². The molecule has 0 heteroatoms. The summed E-state index contributed by atoms with van der Waals surface area (Å²) in [7, 11) is 0. The van der Waals surface area contributed by atoms with E-state index < -0.39 is 0 Å². The zero-order valence-electron chi connectivity index (χ0n) is 13.5. The van der Waals surface area contributed by atoms with Gasteiger partial charge in [0, 0.05) is 0 Å². The second kappa shape index (κ2) is 6.59. The van der Waals surface area contributed by atoms with E-state index in [9.17, 15) is 0 Å². The molecule has 0 radical (unpaired) electrons. The molecule has 0 spiro atoms. The summed E-state index contributed by atoms with van der Waals surface area (Å²) in [5, 5.41) is 0. The Morgan fingerprint density at radius 3 is 1.72 bits per heavy atom. The van der Waals surface area contributed by atoms with E-state index in [1.54, 1.807) is 5.57 Å². The molecule has 0 aliphatic heterocycles. The van der Waals surface area contributed by atoms with Gasteiger partial charge in [-0.15, -0.1) is 0 Å². The predicted molar refractivity (Wildman–Crippen MR) is 82.6 cm³/mol. The van der Waals surface area contributed by atoms with Gasteiger partial charge in [0.25, 0.3) is 0 Å². The van der Waals surface area contributed by atoms with Crippen molar-refractivity contribution >= 4 is 0 Å². The molecule has 0 heterocycles. The third kappa shape index (κ3) is 3.73. The monoisotopic (exact) mass is 248 g/mol. The molecule has 0 bridgehead atoms. The standard InChI is InChI=1S/C18H32/c1-12(2)16-8-10-17(11-9-16)15(7)18(13(3)4)14(5)6/h8,10,12-13,15-17H,9,11H2,1-7H3. The zero-order chi connectivity index (χ0) is 13.9. The van der Waals surface area contributed by atoms with E-state index in [0.29, 0.717) is 11.8 Å². The van der Waals surface area contributed by atoms with E-state index in [1.165, 1.54) is 18.4 Å². The van der Waals surface area contributed by atoms with Crippen molar-refractivity contribution in [2.75, 3.05) is 0 Å². The summed E-state index contributed by atoms with van der Waals surface area (Å²) in [4.78, 5) is 0. The van der Waals surface area contributed by atoms with Gasteiger partial charge in [0.1, 0.15) is 0 Å². The van der Waals surface area contributed by atoms with Crippen LogP contribution in [0.25, 0.3) is 0 Å². The smallest absolute Gasteiger partial charge is 0.0164 e. The van der Waals surface area contributed by atoms with Crippen LogP contribution in [0, 0.1) is 29.6 Å². The molecule has 104 valence electrons. The second-order valence-electron chi connectivity index (χ2n) is 6.93. The molecule has 0 aromatic heterocycles. The highest BCUT2D eigenvalue weighted by atomic mass is 14.3. The first-order valence-corrected chi connectivity index (χ1v) is 7.70. The lowest BCUT2D eigenvalue weighted by Crippen LogP contribution is -2.21. The highest BCUT2D eigenvalue weighted by Crippen LogP contribution is 2.37. The van der Waals surface area contributed by atoms with Gasteiger partial charge in [-0.2, -0.15) is 0 Å². The van der Waals surface area contributed by atoms with Gasteiger partial charge in [0.15, 0.2) is 0 Å². The van der Waals surface area contributed by atoms with Crippen molar-refractivity contribution in [2.45, 2.75) is 61.3 Å². The number of hydrogen-bond donors (Lipinski definition) is 0. The van der Waals surface area contributed by atoms with Crippen molar-refractivity contribution in [1.29, 1.82) is 0 Å². The van der Waals surface area contributed by atoms with Crippen LogP contribution in [-0.2, 0) is 0 Å². The quantitative estimate of drug-likeness (QED) is 0.547. The summed E-state index contributed by atoms with van der Waals surface area (Å²) in [5.41, 5.74) is 3.20. The maximum Gasteiger partial charge on any atom is -0.0164 e. The van der Waals surface area contributed by atoms with Crippen LogP contribution >= 0.6 is 0 Å². The largest absolute Gasteiger partial charge is 0.0849 e. The highest BCUT2D eigenvalue weighted by molar-refractivity contribution is 5.18. The normalized spacial score (nSPS) is 25.6. The van der Waals surface area contributed by atoms with E-state index in [0.717, 1.165) is 17.8 Å². The lowest BCUT2D eigenvalue weighted by molar-refractivity contribution is 0.330. The first-order valence-electron chi connectivity index (χ1n) is 7.70. The molecule has 0 aromatic rings. The minimum atomic E-state index is 0.682. The molecule has 1 aliphatic carbocycles. The molecule has 0 amide bonds. The van der Waals surface area contributed by atoms with Crippen LogP contribution < -0.4 is 0 Å². The van der Waals surface area contributed by atoms with Gasteiger partial charge in [-0.1, -0.05) is 57.9 Å². The van der Waals surface area contributed by atoms with Crippen LogP contribution in [0.3, 0.4) is 0 Å². The first kappa shape index (κ1) is 15.5. The van der Waals surface area contributed by atoms with Gasteiger partial charge in [-0.05, 0) is 56.3 Å². The summed E-state index contributed by atoms with van der Waals surface area (Å²) >= 11 is 0. The van der Waals surface area contributed by atoms with Gasteiger partial charge >= 0.3 is 0 Å². The maximum absolute atomic E-state index is 2.50. The molecule has 3 unspecified atom stereocenters. The van der Waals surface area contributed by atoms with Gasteiger partial charge in [-0.25, -0.2) is 0 Å². The molecule has 0 saturated heterocycles. The number of hydrogen-bond acceptors (Lipinski definition) is 0. The zero-order valence-corrected chi connectivity index (χ0v) is 13.5. The SMILES string of the molecule is CC(C)=C(C(C)C)C(C)C1C=CC(C(C)C)CC1. The Morgan fingerprint density at radius 1 is 0.889 bits per heavy atom. The summed E-state index contributed by atoms with van der Waals surface area (Å²) in [5.74, 6) is 3.75. The van der Waals surface area contributed by atoms with Crippen LogP contribution in [0.15, 0.2) is 23.3 Å². The molecule has 1 rings (SSSR count). The molecule has 0 aromatic carbocycles. The molecule has 0 N–H and O–H groups in total. The van der Waals surface area contributed by atoms with Crippen molar-refractivity contribution in [1.82, 2.24) is 0 Å². The van der Waals surface area contributed by atoms with Crippen molar-refractivity contribution < 1.29 is 0 Å². The Balaban J connectivity index is 2.78. The average molecular weight is 248 g/mol. The van der Waals surface area contributed by atoms with Crippen molar-refractivity contribution in [2.24, 2.45) is 29.6 Å². The van der Waals surface area contributed by atoms with Crippen molar-refractivity contribution in [3.05, 3.63) is 23.3 Å². The lowest BCUT2D eigenvalue weighted by Gasteiger charge is -2.32. The predicted octanol–water partition coefficient (Wildman–Crippen LogP) is 5.85. The molecule has 1 aliphatic rings. The maximum atomic E-state index is 2.50. The summed E-state index contributed by atoms with van der Waals surface area (Å²) in [6.45, 7) is 16.3. The Kier molecular flexibility index (Phi) is 5.69. The summed E-state index contributed by atoms with van der Waals surface area (Å²) in [6, 6.07) is 0. The molecule has 18 heavy (non-hydrogen) atoms. The second-order valence-corrected chi connectivity index (χ2v) is 6.93. The Morgan fingerprint density at radius 2 is 1.39 bits per heavy atom. The Labute approximate surface area is 115 Å². The number of allylic oxidation sites excluding steroid dienone is 4. The van der Waals surface area contributed by atoms with Gasteiger partial charge in [0.2, 0.25) is 0 Å². The third-order valence-electron chi connectivity index (χ3n) is 4.63. The van der Waals surface area contributed by atoms with Crippen LogP contribution in [-0.4, -0.2) is 0 Å². The Hall–Kier alpha value is -0.520.